The van der Waals surface area contributed by atoms with Gasteiger partial charge >= 0.3 is 12.4 Å². The second-order valence-corrected chi connectivity index (χ2v) is 11.5. The Kier molecular flexibility index (Phi) is 10.2. The standard InChI is InChI=1S/C30H31F8N5O4/c31-23(32)14-47-28-19(26(44)40-18-6-4-17(5-7-18)29(33,34)35)12-21-25(43-28)42-24(41-21)11-16-10-15(3-8-20(16)30(36,37)38)13-39-27(45)22-2-1-9-46-22/h3,8,10,12,17-18,22-23H,1-2,4-7,9,11,13-14H2,(H,39,45)(H,40,44)(H,41,42,43). The van der Waals surface area contributed by atoms with Crippen molar-refractivity contribution < 1.29 is 54.2 Å². The molecule has 1 aromatic carbocycles. The first-order valence-electron chi connectivity index (χ1n) is 14.9. The van der Waals surface area contributed by atoms with Gasteiger partial charge in [0.15, 0.2) is 12.3 Å². The van der Waals surface area contributed by atoms with E-state index in [1.165, 1.54) is 18.2 Å². The minimum atomic E-state index is -4.72. The third-order valence-corrected chi connectivity index (χ3v) is 8.13. The molecule has 3 heterocycles. The maximum absolute atomic E-state index is 13.9. The number of imidazole rings is 1. The van der Waals surface area contributed by atoms with Gasteiger partial charge in [0, 0.05) is 25.6 Å². The molecular formula is C30H31F8N5O4. The summed E-state index contributed by atoms with van der Waals surface area (Å²) >= 11 is 0. The van der Waals surface area contributed by atoms with Crippen LogP contribution in [0.5, 0.6) is 5.88 Å². The number of hydrogen-bond acceptors (Lipinski definition) is 6. The quantitative estimate of drug-likeness (QED) is 0.232. The summed E-state index contributed by atoms with van der Waals surface area (Å²) in [6.45, 7) is -0.724. The Morgan fingerprint density at radius 1 is 1.02 bits per heavy atom. The number of benzene rings is 1. The van der Waals surface area contributed by atoms with E-state index in [1.807, 2.05) is 0 Å². The van der Waals surface area contributed by atoms with Gasteiger partial charge in [-0.1, -0.05) is 12.1 Å². The van der Waals surface area contributed by atoms with Gasteiger partial charge in [-0.3, -0.25) is 9.59 Å². The molecule has 47 heavy (non-hydrogen) atoms. The van der Waals surface area contributed by atoms with E-state index in [1.54, 1.807) is 0 Å². The van der Waals surface area contributed by atoms with Crippen molar-refractivity contribution in [1.82, 2.24) is 25.6 Å². The van der Waals surface area contributed by atoms with Gasteiger partial charge in [0.05, 0.1) is 17.0 Å². The first-order chi connectivity index (χ1) is 22.2. The molecule has 2 aromatic heterocycles. The van der Waals surface area contributed by atoms with Crippen molar-refractivity contribution in [2.24, 2.45) is 5.92 Å². The molecule has 17 heteroatoms. The van der Waals surface area contributed by atoms with Crippen molar-refractivity contribution in [3.05, 3.63) is 52.3 Å². The molecular weight excluding hydrogens is 646 g/mol. The summed E-state index contributed by atoms with van der Waals surface area (Å²) in [7, 11) is 0. The smallest absolute Gasteiger partial charge is 0.416 e. The lowest BCUT2D eigenvalue weighted by molar-refractivity contribution is -0.182. The van der Waals surface area contributed by atoms with Crippen molar-refractivity contribution in [1.29, 1.82) is 0 Å². The minimum Gasteiger partial charge on any atom is -0.471 e. The molecule has 1 saturated heterocycles. The third-order valence-electron chi connectivity index (χ3n) is 8.13. The molecule has 1 saturated carbocycles. The predicted molar refractivity (Wildman–Crippen MR) is 150 cm³/mol. The van der Waals surface area contributed by atoms with Crippen LogP contribution in [-0.4, -0.2) is 64.7 Å². The zero-order valence-electron chi connectivity index (χ0n) is 24.7. The minimum absolute atomic E-state index is 0.00128. The van der Waals surface area contributed by atoms with Gasteiger partial charge in [-0.05, 0) is 61.8 Å². The van der Waals surface area contributed by atoms with Crippen molar-refractivity contribution in [2.75, 3.05) is 13.2 Å². The topological polar surface area (TPSA) is 118 Å². The summed E-state index contributed by atoms with van der Waals surface area (Å²) in [6, 6.07) is 4.00. The Balaban J connectivity index is 1.37. The summed E-state index contributed by atoms with van der Waals surface area (Å²) in [6.07, 6.45) is -12.0. The van der Waals surface area contributed by atoms with E-state index in [-0.39, 0.29) is 72.7 Å². The number of H-pyrrole nitrogens is 1. The number of rotatable bonds is 10. The highest BCUT2D eigenvalue weighted by molar-refractivity contribution is 5.99. The second kappa shape index (κ2) is 14.0. The van der Waals surface area contributed by atoms with Crippen LogP contribution in [0.4, 0.5) is 35.1 Å². The van der Waals surface area contributed by atoms with Crippen molar-refractivity contribution in [3.8, 4) is 5.88 Å². The normalized spacial score (nSPS) is 20.5. The van der Waals surface area contributed by atoms with Crippen molar-refractivity contribution in [3.63, 3.8) is 0 Å². The summed E-state index contributed by atoms with van der Waals surface area (Å²) < 4.78 is 117. The lowest BCUT2D eigenvalue weighted by atomic mass is 9.85. The summed E-state index contributed by atoms with van der Waals surface area (Å²) in [5, 5.41) is 5.26. The third kappa shape index (κ3) is 8.67. The summed E-state index contributed by atoms with van der Waals surface area (Å²) in [4.78, 5) is 36.5. The first-order valence-corrected chi connectivity index (χ1v) is 14.9. The van der Waals surface area contributed by atoms with E-state index >= 15 is 0 Å². The number of halogens is 8. The Morgan fingerprint density at radius 3 is 2.40 bits per heavy atom. The molecule has 0 bridgehead atoms. The number of nitrogens with zero attached hydrogens (tertiary/aromatic N) is 2. The average Bonchev–Trinajstić information content (AvgIpc) is 3.67. The zero-order valence-corrected chi connectivity index (χ0v) is 24.7. The largest absolute Gasteiger partial charge is 0.471 e. The van der Waals surface area contributed by atoms with E-state index in [2.05, 4.69) is 25.6 Å². The number of carbonyl (C=O) groups is 2. The average molecular weight is 678 g/mol. The number of alkyl halides is 8. The fourth-order valence-corrected chi connectivity index (χ4v) is 5.75. The number of hydrogen-bond donors (Lipinski definition) is 3. The van der Waals surface area contributed by atoms with Crippen LogP contribution in [0.3, 0.4) is 0 Å². The van der Waals surface area contributed by atoms with Gasteiger partial charge in [0.25, 0.3) is 12.3 Å². The molecule has 0 radical (unpaired) electrons. The van der Waals surface area contributed by atoms with E-state index < -0.39 is 60.8 Å². The molecule has 1 aliphatic heterocycles. The van der Waals surface area contributed by atoms with Crippen LogP contribution in [0.15, 0.2) is 24.3 Å². The highest BCUT2D eigenvalue weighted by Crippen LogP contribution is 2.38. The summed E-state index contributed by atoms with van der Waals surface area (Å²) in [5.74, 6) is -3.19. The Morgan fingerprint density at radius 2 is 1.77 bits per heavy atom. The fourth-order valence-electron chi connectivity index (χ4n) is 5.75. The number of aromatic nitrogens is 3. The van der Waals surface area contributed by atoms with E-state index in [9.17, 15) is 44.7 Å². The monoisotopic (exact) mass is 677 g/mol. The van der Waals surface area contributed by atoms with Gasteiger partial charge in [-0.25, -0.2) is 13.8 Å². The van der Waals surface area contributed by atoms with E-state index in [0.717, 1.165) is 12.5 Å². The number of carbonyl (C=O) groups excluding carboxylic acids is 2. The van der Waals surface area contributed by atoms with Crippen LogP contribution in [0.25, 0.3) is 11.2 Å². The lowest BCUT2D eigenvalue weighted by Crippen LogP contribution is -2.40. The van der Waals surface area contributed by atoms with Crippen LogP contribution in [0.1, 0.15) is 71.4 Å². The van der Waals surface area contributed by atoms with Crippen LogP contribution in [-0.2, 0) is 28.7 Å². The maximum Gasteiger partial charge on any atom is 0.416 e. The highest BCUT2D eigenvalue weighted by Gasteiger charge is 2.41. The molecule has 1 aliphatic carbocycles. The van der Waals surface area contributed by atoms with Crippen molar-refractivity contribution in [2.45, 2.75) is 82.4 Å². The van der Waals surface area contributed by atoms with Crippen LogP contribution in [0, 0.1) is 5.92 Å². The highest BCUT2D eigenvalue weighted by atomic mass is 19.4. The van der Waals surface area contributed by atoms with E-state index in [4.69, 9.17) is 9.47 Å². The number of aromatic amines is 1. The molecule has 2 aliphatic rings. The molecule has 256 valence electrons. The molecule has 1 unspecified atom stereocenters. The molecule has 9 nitrogen and oxygen atoms in total. The SMILES string of the molecule is O=C(NC1CCC(C(F)(F)F)CC1)c1cc2[nH]c(Cc3cc(CNC(=O)C4CCCO4)ccc3C(F)(F)F)nc2nc1OCC(F)F. The van der Waals surface area contributed by atoms with Gasteiger partial charge in [0.2, 0.25) is 11.8 Å². The first kappa shape index (κ1) is 34.3. The number of fused-ring (bicyclic) bond motifs is 1. The van der Waals surface area contributed by atoms with Crippen LogP contribution in [0.2, 0.25) is 0 Å². The molecule has 1 atom stereocenters. The number of nitrogens with one attached hydrogen (secondary N) is 3. The molecule has 2 fully saturated rings. The molecule has 3 N–H and O–H groups in total. The van der Waals surface area contributed by atoms with Gasteiger partial charge in [-0.15, -0.1) is 0 Å². The van der Waals surface area contributed by atoms with Gasteiger partial charge < -0.3 is 25.1 Å². The maximum atomic E-state index is 13.9. The number of ether oxygens (including phenoxy) is 2. The number of pyridine rings is 1. The van der Waals surface area contributed by atoms with Crippen molar-refractivity contribution >= 4 is 23.0 Å². The molecule has 0 spiro atoms. The van der Waals surface area contributed by atoms with Crippen LogP contribution >= 0.6 is 0 Å². The second-order valence-electron chi connectivity index (χ2n) is 11.5. The number of amides is 2. The van der Waals surface area contributed by atoms with Gasteiger partial charge in [0.1, 0.15) is 17.5 Å². The Hall–Kier alpha value is -4.02. The Bertz CT molecular complexity index is 1580. The lowest BCUT2D eigenvalue weighted by Gasteiger charge is -2.30. The summed E-state index contributed by atoms with van der Waals surface area (Å²) in [5.41, 5.74) is -1.07. The fraction of sp³-hybridized carbons (Fsp3) is 0.533. The van der Waals surface area contributed by atoms with Crippen LogP contribution < -0.4 is 15.4 Å². The molecule has 5 rings (SSSR count). The molecule has 3 aromatic rings. The zero-order chi connectivity index (χ0) is 33.9. The van der Waals surface area contributed by atoms with Gasteiger partial charge in [-0.2, -0.15) is 31.3 Å². The Labute approximate surface area is 262 Å². The van der Waals surface area contributed by atoms with E-state index in [0.29, 0.717) is 18.6 Å². The molecule has 2 amide bonds. The predicted octanol–water partition coefficient (Wildman–Crippen LogP) is 5.86.